The third-order valence-electron chi connectivity index (χ3n) is 2.74. The van der Waals surface area contributed by atoms with Crippen LogP contribution in [0.1, 0.15) is 51.4 Å². The molecule has 94 valence electrons. The fourth-order valence-electron chi connectivity index (χ4n) is 1.76. The first-order chi connectivity index (χ1) is 8.08. The van der Waals surface area contributed by atoms with Gasteiger partial charge in [0, 0.05) is 5.69 Å². The van der Waals surface area contributed by atoms with E-state index in [1.54, 1.807) is 0 Å². The molecule has 0 unspecified atom stereocenters. The number of hydrogen-bond donors (Lipinski definition) is 1. The highest BCUT2D eigenvalue weighted by Gasteiger charge is 1.96. The summed E-state index contributed by atoms with van der Waals surface area (Å²) in [6.07, 6.45) is 9.09. The van der Waals surface area contributed by atoms with Gasteiger partial charge in [-0.15, -0.1) is 0 Å². The summed E-state index contributed by atoms with van der Waals surface area (Å²) >= 11 is 0. The van der Waals surface area contributed by atoms with Crippen molar-refractivity contribution in [2.45, 2.75) is 53.4 Å². The lowest BCUT2D eigenvalue weighted by Gasteiger charge is -1.98. The highest BCUT2D eigenvalue weighted by Crippen LogP contribution is 2.09. The van der Waals surface area contributed by atoms with Gasteiger partial charge < -0.3 is 0 Å². The van der Waals surface area contributed by atoms with Crippen LogP contribution in [0.3, 0.4) is 0 Å². The van der Waals surface area contributed by atoms with Gasteiger partial charge in [-0.25, -0.2) is 0 Å². The molecule has 0 saturated carbocycles. The van der Waals surface area contributed by atoms with Crippen molar-refractivity contribution in [1.29, 1.82) is 0 Å². The average Bonchev–Trinajstić information content (AvgIpc) is 2.63. The molecule has 0 aliphatic rings. The molecule has 1 rings (SSSR count). The number of nitrogens with one attached hydrogen (secondary N) is 1. The monoisotopic (exact) mass is 232 g/mol. The number of nitrogens with zero attached hydrogens (tertiary/aromatic N) is 1. The Morgan fingerprint density at radius 2 is 2.00 bits per heavy atom. The minimum absolute atomic E-state index is 1.03. The molecule has 1 heterocycles. The SMILES string of the molecule is CC(C)=CCC/C(C)=C/CCc1cc(C)[nH]n1. The van der Waals surface area contributed by atoms with Crippen molar-refractivity contribution in [1.82, 2.24) is 10.2 Å². The van der Waals surface area contributed by atoms with E-state index in [9.17, 15) is 0 Å². The molecule has 0 spiro atoms. The largest absolute Gasteiger partial charge is 0.283 e. The maximum Gasteiger partial charge on any atom is 0.0627 e. The highest BCUT2D eigenvalue weighted by atomic mass is 15.1. The van der Waals surface area contributed by atoms with Crippen LogP contribution in [0.5, 0.6) is 0 Å². The van der Waals surface area contributed by atoms with Crippen LogP contribution in [0, 0.1) is 6.92 Å². The van der Waals surface area contributed by atoms with Crippen LogP contribution in [0.4, 0.5) is 0 Å². The normalized spacial score (nSPS) is 11.6. The molecule has 0 bridgehead atoms. The zero-order valence-electron chi connectivity index (χ0n) is 11.5. The Morgan fingerprint density at radius 1 is 1.24 bits per heavy atom. The number of hydrogen-bond acceptors (Lipinski definition) is 1. The average molecular weight is 232 g/mol. The standard InChI is InChI=1S/C15H24N2/c1-12(2)7-5-8-13(3)9-6-10-15-11-14(4)16-17-15/h7,9,11H,5-6,8,10H2,1-4H3,(H,16,17)/b13-9+. The minimum Gasteiger partial charge on any atom is -0.283 e. The lowest BCUT2D eigenvalue weighted by atomic mass is 10.1. The Morgan fingerprint density at radius 3 is 2.59 bits per heavy atom. The predicted octanol–water partition coefficient (Wildman–Crippen LogP) is 4.34. The topological polar surface area (TPSA) is 28.7 Å². The molecule has 1 aromatic heterocycles. The van der Waals surface area contributed by atoms with Gasteiger partial charge in [0.25, 0.3) is 0 Å². The lowest BCUT2D eigenvalue weighted by molar-refractivity contribution is 0.888. The number of rotatable bonds is 6. The second kappa shape index (κ2) is 7.10. The third-order valence-corrected chi connectivity index (χ3v) is 2.74. The molecule has 2 nitrogen and oxygen atoms in total. The zero-order chi connectivity index (χ0) is 12.7. The molecular weight excluding hydrogens is 208 g/mol. The number of aromatic nitrogens is 2. The van der Waals surface area contributed by atoms with Crippen molar-refractivity contribution >= 4 is 0 Å². The molecule has 0 aliphatic heterocycles. The summed E-state index contributed by atoms with van der Waals surface area (Å²) in [5.74, 6) is 0. The van der Waals surface area contributed by atoms with Crippen molar-refractivity contribution in [3.8, 4) is 0 Å². The number of aryl methyl sites for hydroxylation is 2. The quantitative estimate of drug-likeness (QED) is 0.726. The van der Waals surface area contributed by atoms with Crippen LogP contribution in [0.15, 0.2) is 29.4 Å². The van der Waals surface area contributed by atoms with E-state index in [0.29, 0.717) is 0 Å². The van der Waals surface area contributed by atoms with Crippen LogP contribution in [0.2, 0.25) is 0 Å². The first kappa shape index (κ1) is 13.8. The van der Waals surface area contributed by atoms with Crippen molar-refractivity contribution < 1.29 is 0 Å². The molecule has 0 aliphatic carbocycles. The van der Waals surface area contributed by atoms with Crippen LogP contribution in [-0.4, -0.2) is 10.2 Å². The summed E-state index contributed by atoms with van der Waals surface area (Å²) in [6.45, 7) is 8.56. The van der Waals surface area contributed by atoms with Gasteiger partial charge in [0.05, 0.1) is 5.69 Å². The van der Waals surface area contributed by atoms with E-state index in [1.807, 2.05) is 6.92 Å². The Kier molecular flexibility index (Phi) is 5.75. The van der Waals surface area contributed by atoms with Crippen LogP contribution < -0.4 is 0 Å². The number of allylic oxidation sites excluding steroid dienone is 4. The van der Waals surface area contributed by atoms with Crippen molar-refractivity contribution in [3.63, 3.8) is 0 Å². The summed E-state index contributed by atoms with van der Waals surface area (Å²) in [4.78, 5) is 0. The fourth-order valence-corrected chi connectivity index (χ4v) is 1.76. The molecule has 1 aromatic rings. The van der Waals surface area contributed by atoms with Gasteiger partial charge in [0.2, 0.25) is 0 Å². The summed E-state index contributed by atoms with van der Waals surface area (Å²) in [7, 11) is 0. The Balaban J connectivity index is 2.26. The summed E-state index contributed by atoms with van der Waals surface area (Å²) in [6, 6.07) is 2.12. The molecule has 0 saturated heterocycles. The zero-order valence-corrected chi connectivity index (χ0v) is 11.5. The van der Waals surface area contributed by atoms with Crippen LogP contribution >= 0.6 is 0 Å². The van der Waals surface area contributed by atoms with E-state index in [2.05, 4.69) is 49.2 Å². The molecule has 0 atom stereocenters. The van der Waals surface area contributed by atoms with Gasteiger partial charge in [-0.3, -0.25) is 5.10 Å². The summed E-state index contributed by atoms with van der Waals surface area (Å²) in [5, 5.41) is 7.21. The van der Waals surface area contributed by atoms with Crippen LogP contribution in [-0.2, 0) is 6.42 Å². The second-order valence-electron chi connectivity index (χ2n) is 4.95. The number of aromatic amines is 1. The van der Waals surface area contributed by atoms with Gasteiger partial charge in [-0.2, -0.15) is 5.10 Å². The number of H-pyrrole nitrogens is 1. The van der Waals surface area contributed by atoms with E-state index < -0.39 is 0 Å². The maximum atomic E-state index is 4.23. The molecule has 2 heteroatoms. The molecule has 0 amide bonds. The molecule has 0 radical (unpaired) electrons. The minimum atomic E-state index is 1.03. The van der Waals surface area contributed by atoms with Gasteiger partial charge >= 0.3 is 0 Å². The Bertz CT molecular complexity index is 393. The smallest absolute Gasteiger partial charge is 0.0627 e. The Labute approximate surface area is 105 Å². The van der Waals surface area contributed by atoms with E-state index >= 15 is 0 Å². The Hall–Kier alpha value is -1.31. The predicted molar refractivity (Wildman–Crippen MR) is 74.1 cm³/mol. The van der Waals surface area contributed by atoms with Gasteiger partial charge in [0.15, 0.2) is 0 Å². The maximum absolute atomic E-state index is 4.23. The van der Waals surface area contributed by atoms with Crippen molar-refractivity contribution in [2.24, 2.45) is 0 Å². The van der Waals surface area contributed by atoms with Gasteiger partial charge in [-0.05, 0) is 59.4 Å². The van der Waals surface area contributed by atoms with Crippen LogP contribution in [0.25, 0.3) is 0 Å². The highest BCUT2D eigenvalue weighted by molar-refractivity contribution is 5.09. The van der Waals surface area contributed by atoms with Crippen molar-refractivity contribution in [3.05, 3.63) is 40.8 Å². The summed E-state index contributed by atoms with van der Waals surface area (Å²) < 4.78 is 0. The van der Waals surface area contributed by atoms with E-state index in [0.717, 1.165) is 30.7 Å². The molecular formula is C15H24N2. The van der Waals surface area contributed by atoms with E-state index in [1.165, 1.54) is 17.6 Å². The summed E-state index contributed by atoms with van der Waals surface area (Å²) in [5.41, 5.74) is 5.19. The first-order valence-corrected chi connectivity index (χ1v) is 6.38. The molecule has 0 aromatic carbocycles. The van der Waals surface area contributed by atoms with Gasteiger partial charge in [-0.1, -0.05) is 23.3 Å². The molecule has 1 N–H and O–H groups in total. The van der Waals surface area contributed by atoms with Crippen molar-refractivity contribution in [2.75, 3.05) is 0 Å². The second-order valence-corrected chi connectivity index (χ2v) is 4.95. The van der Waals surface area contributed by atoms with Gasteiger partial charge in [0.1, 0.15) is 0 Å². The lowest BCUT2D eigenvalue weighted by Crippen LogP contribution is -1.85. The van der Waals surface area contributed by atoms with E-state index in [-0.39, 0.29) is 0 Å². The molecule has 17 heavy (non-hydrogen) atoms. The molecule has 0 fully saturated rings. The third kappa shape index (κ3) is 6.10. The fraction of sp³-hybridized carbons (Fsp3) is 0.533. The first-order valence-electron chi connectivity index (χ1n) is 6.38. The van der Waals surface area contributed by atoms with E-state index in [4.69, 9.17) is 0 Å².